The molecule has 5 rings (SSSR count). The van der Waals surface area contributed by atoms with Gasteiger partial charge in [0.25, 0.3) is 5.91 Å². The number of carbonyl (C=O) groups is 2. The second kappa shape index (κ2) is 8.13. The van der Waals surface area contributed by atoms with Crippen molar-refractivity contribution in [1.82, 2.24) is 24.6 Å². The number of rotatable bonds is 3. The molecule has 166 valence electrons. The topological polar surface area (TPSA) is 74.6 Å². The van der Waals surface area contributed by atoms with Crippen LogP contribution in [0.3, 0.4) is 0 Å². The van der Waals surface area contributed by atoms with Crippen molar-refractivity contribution in [2.24, 2.45) is 13.0 Å². The summed E-state index contributed by atoms with van der Waals surface area (Å²) in [6.07, 6.45) is 7.08. The molecule has 0 radical (unpaired) electrons. The fourth-order valence-electron chi connectivity index (χ4n) is 5.27. The van der Waals surface area contributed by atoms with Crippen LogP contribution in [-0.2, 0) is 11.8 Å². The Morgan fingerprint density at radius 3 is 2.45 bits per heavy atom. The van der Waals surface area contributed by atoms with Gasteiger partial charge in [-0.2, -0.15) is 5.10 Å². The molecule has 2 aromatic rings. The van der Waals surface area contributed by atoms with Gasteiger partial charge in [-0.1, -0.05) is 19.8 Å². The lowest BCUT2D eigenvalue weighted by atomic mass is 9.80. The summed E-state index contributed by atoms with van der Waals surface area (Å²) in [5, 5.41) is 5.26. The van der Waals surface area contributed by atoms with Crippen LogP contribution < -0.4 is 4.90 Å². The minimum atomic E-state index is -0.176. The standard InChI is InChI=1S/C23H32N6O2/c1-16-13-17(14-16)29-12-11-28(15-20(29)30)23(31)21-18-7-8-19(24-22(18)26(2)25-21)27-9-5-3-4-6-10-27/h7-8,16-17H,3-6,9-15H2,1-2H3. The molecule has 31 heavy (non-hydrogen) atoms. The van der Waals surface area contributed by atoms with Crippen molar-refractivity contribution in [2.75, 3.05) is 37.6 Å². The zero-order valence-electron chi connectivity index (χ0n) is 18.6. The second-order valence-corrected chi connectivity index (χ2v) is 9.46. The normalized spacial score (nSPS) is 25.0. The van der Waals surface area contributed by atoms with Crippen LogP contribution in [0.25, 0.3) is 11.0 Å². The van der Waals surface area contributed by atoms with E-state index in [1.54, 1.807) is 9.58 Å². The number of hydrogen-bond donors (Lipinski definition) is 0. The molecule has 2 aliphatic heterocycles. The average Bonchev–Trinajstić information content (AvgIpc) is 2.92. The van der Waals surface area contributed by atoms with Crippen LogP contribution in [0.2, 0.25) is 0 Å². The average molecular weight is 425 g/mol. The van der Waals surface area contributed by atoms with Gasteiger partial charge in [0, 0.05) is 39.3 Å². The van der Waals surface area contributed by atoms with E-state index in [1.807, 2.05) is 24.1 Å². The number of aromatic nitrogens is 3. The number of piperazine rings is 1. The molecule has 8 nitrogen and oxygen atoms in total. The summed E-state index contributed by atoms with van der Waals surface area (Å²) >= 11 is 0. The number of aryl methyl sites for hydroxylation is 1. The molecule has 0 N–H and O–H groups in total. The highest BCUT2D eigenvalue weighted by Crippen LogP contribution is 2.32. The predicted octanol–water partition coefficient (Wildman–Crippen LogP) is 2.43. The van der Waals surface area contributed by atoms with Crippen molar-refractivity contribution in [3.63, 3.8) is 0 Å². The zero-order valence-corrected chi connectivity index (χ0v) is 18.6. The molecule has 8 heteroatoms. The molecule has 3 fully saturated rings. The number of fused-ring (bicyclic) bond motifs is 1. The Bertz CT molecular complexity index is 987. The lowest BCUT2D eigenvalue weighted by Crippen LogP contribution is -2.58. The molecule has 3 aliphatic rings. The molecule has 2 amide bonds. The van der Waals surface area contributed by atoms with Crippen LogP contribution in [0, 0.1) is 5.92 Å². The van der Waals surface area contributed by atoms with Crippen LogP contribution in [0.4, 0.5) is 5.82 Å². The van der Waals surface area contributed by atoms with Crippen LogP contribution in [0.1, 0.15) is 55.9 Å². The number of nitrogens with zero attached hydrogens (tertiary/aromatic N) is 6. The number of anilines is 1. The summed E-state index contributed by atoms with van der Waals surface area (Å²) in [5.41, 5.74) is 1.12. The van der Waals surface area contributed by atoms with Crippen molar-refractivity contribution >= 4 is 28.7 Å². The van der Waals surface area contributed by atoms with Crippen molar-refractivity contribution in [1.29, 1.82) is 0 Å². The lowest BCUT2D eigenvalue weighted by molar-refractivity contribution is -0.140. The molecular formula is C23H32N6O2. The highest BCUT2D eigenvalue weighted by Gasteiger charge is 2.38. The van der Waals surface area contributed by atoms with E-state index in [0.29, 0.717) is 30.7 Å². The highest BCUT2D eigenvalue weighted by molar-refractivity contribution is 6.05. The molecule has 2 aromatic heterocycles. The SMILES string of the molecule is CC1CC(N2CCN(C(=O)c3nn(C)c4nc(N5CCCCCC5)ccc34)CC2=O)C1. The molecule has 0 unspecified atom stereocenters. The molecule has 0 aromatic carbocycles. The first kappa shape index (κ1) is 20.3. The molecule has 4 heterocycles. The van der Waals surface area contributed by atoms with E-state index in [1.165, 1.54) is 25.7 Å². The first-order valence-corrected chi connectivity index (χ1v) is 11.7. The first-order chi connectivity index (χ1) is 15.0. The molecule has 1 aliphatic carbocycles. The number of hydrogen-bond acceptors (Lipinski definition) is 5. The predicted molar refractivity (Wildman–Crippen MR) is 119 cm³/mol. The number of carbonyl (C=O) groups excluding carboxylic acids is 2. The third-order valence-corrected chi connectivity index (χ3v) is 7.14. The van der Waals surface area contributed by atoms with Gasteiger partial charge in [0.15, 0.2) is 11.3 Å². The van der Waals surface area contributed by atoms with Gasteiger partial charge in [-0.15, -0.1) is 0 Å². The molecule has 0 bridgehead atoms. The Labute approximate surface area is 183 Å². The highest BCUT2D eigenvalue weighted by atomic mass is 16.2. The van der Waals surface area contributed by atoms with E-state index in [9.17, 15) is 9.59 Å². The van der Waals surface area contributed by atoms with E-state index in [2.05, 4.69) is 16.9 Å². The first-order valence-electron chi connectivity index (χ1n) is 11.7. The van der Waals surface area contributed by atoms with Crippen molar-refractivity contribution < 1.29 is 9.59 Å². The minimum absolute atomic E-state index is 0.0540. The maximum absolute atomic E-state index is 13.3. The fraction of sp³-hybridized carbons (Fsp3) is 0.652. The smallest absolute Gasteiger partial charge is 0.275 e. The van der Waals surface area contributed by atoms with Gasteiger partial charge < -0.3 is 14.7 Å². The van der Waals surface area contributed by atoms with E-state index in [-0.39, 0.29) is 18.4 Å². The maximum atomic E-state index is 13.3. The molecular weight excluding hydrogens is 392 g/mol. The molecule has 1 saturated carbocycles. The Morgan fingerprint density at radius 2 is 1.77 bits per heavy atom. The molecule has 0 spiro atoms. The minimum Gasteiger partial charge on any atom is -0.357 e. The van der Waals surface area contributed by atoms with Crippen LogP contribution in [-0.4, -0.2) is 75.1 Å². The Hall–Kier alpha value is -2.64. The Balaban J connectivity index is 1.34. The number of pyridine rings is 1. The van der Waals surface area contributed by atoms with E-state index >= 15 is 0 Å². The zero-order chi connectivity index (χ0) is 21.5. The maximum Gasteiger partial charge on any atom is 0.275 e. The Morgan fingerprint density at radius 1 is 1.03 bits per heavy atom. The number of amides is 2. The largest absolute Gasteiger partial charge is 0.357 e. The van der Waals surface area contributed by atoms with Gasteiger partial charge in [0.2, 0.25) is 5.91 Å². The van der Waals surface area contributed by atoms with Crippen LogP contribution in [0.5, 0.6) is 0 Å². The Kier molecular flexibility index (Phi) is 5.32. The van der Waals surface area contributed by atoms with Gasteiger partial charge in [-0.3, -0.25) is 9.59 Å². The monoisotopic (exact) mass is 424 g/mol. The van der Waals surface area contributed by atoms with Gasteiger partial charge in [0.05, 0.1) is 5.39 Å². The van der Waals surface area contributed by atoms with Crippen LogP contribution in [0.15, 0.2) is 12.1 Å². The van der Waals surface area contributed by atoms with E-state index in [0.717, 1.165) is 42.8 Å². The molecule has 0 atom stereocenters. The van der Waals surface area contributed by atoms with E-state index in [4.69, 9.17) is 4.98 Å². The molecule has 2 saturated heterocycles. The fourth-order valence-corrected chi connectivity index (χ4v) is 5.27. The van der Waals surface area contributed by atoms with Gasteiger partial charge in [-0.05, 0) is 43.7 Å². The third kappa shape index (κ3) is 3.77. The van der Waals surface area contributed by atoms with Gasteiger partial charge >= 0.3 is 0 Å². The summed E-state index contributed by atoms with van der Waals surface area (Å²) < 4.78 is 1.69. The summed E-state index contributed by atoms with van der Waals surface area (Å²) in [6, 6.07) is 4.33. The van der Waals surface area contributed by atoms with Gasteiger partial charge in [0.1, 0.15) is 12.4 Å². The van der Waals surface area contributed by atoms with Crippen molar-refractivity contribution in [3.8, 4) is 0 Å². The third-order valence-electron chi connectivity index (χ3n) is 7.14. The van der Waals surface area contributed by atoms with Crippen molar-refractivity contribution in [2.45, 2.75) is 51.5 Å². The van der Waals surface area contributed by atoms with Gasteiger partial charge in [-0.25, -0.2) is 9.67 Å². The second-order valence-electron chi connectivity index (χ2n) is 9.46. The summed E-state index contributed by atoms with van der Waals surface area (Å²) in [6.45, 7) is 5.58. The summed E-state index contributed by atoms with van der Waals surface area (Å²) in [5.74, 6) is 1.53. The summed E-state index contributed by atoms with van der Waals surface area (Å²) in [4.78, 5) is 36.7. The van der Waals surface area contributed by atoms with Crippen LogP contribution >= 0.6 is 0 Å². The quantitative estimate of drug-likeness (QED) is 0.757. The van der Waals surface area contributed by atoms with Crippen molar-refractivity contribution in [3.05, 3.63) is 17.8 Å². The summed E-state index contributed by atoms with van der Waals surface area (Å²) in [7, 11) is 1.83. The lowest BCUT2D eigenvalue weighted by Gasteiger charge is -2.45. The van der Waals surface area contributed by atoms with E-state index < -0.39 is 0 Å².